The lowest BCUT2D eigenvalue weighted by Gasteiger charge is -1.98. The van der Waals surface area contributed by atoms with Crippen molar-refractivity contribution in [3.8, 4) is 0 Å². The Kier molecular flexibility index (Phi) is 1.99. The number of nitrogens with zero attached hydrogens (tertiary/aromatic N) is 2. The van der Waals surface area contributed by atoms with Crippen LogP contribution >= 0.6 is 0 Å². The second kappa shape index (κ2) is 3.30. The number of aromatic nitrogens is 4. The van der Waals surface area contributed by atoms with E-state index in [9.17, 15) is 0 Å². The molecule has 0 aromatic carbocycles. The van der Waals surface area contributed by atoms with Crippen LogP contribution in [0.15, 0.2) is 18.6 Å². The van der Waals surface area contributed by atoms with Gasteiger partial charge in [0.1, 0.15) is 5.82 Å². The fraction of sp³-hybridized carbons (Fsp3) is 0.250. The van der Waals surface area contributed by atoms with Gasteiger partial charge in [0.25, 0.3) is 0 Å². The van der Waals surface area contributed by atoms with E-state index in [1.165, 1.54) is 0 Å². The van der Waals surface area contributed by atoms with Gasteiger partial charge in [0.15, 0.2) is 0 Å². The summed E-state index contributed by atoms with van der Waals surface area (Å²) in [5.74, 6) is 0.934. The zero-order valence-electron chi connectivity index (χ0n) is 7.33. The largest absolute Gasteiger partial charge is 0.377 e. The summed E-state index contributed by atoms with van der Waals surface area (Å²) in [7, 11) is 0. The Labute approximate surface area is 75.6 Å². The molecule has 0 aliphatic rings. The summed E-state index contributed by atoms with van der Waals surface area (Å²) in [6.45, 7) is 2.67. The molecule has 2 rings (SSSR count). The number of nitrogens with one attached hydrogen (secondary N) is 3. The van der Waals surface area contributed by atoms with Crippen molar-refractivity contribution in [2.45, 2.75) is 13.5 Å². The minimum absolute atomic E-state index is 0.736. The van der Waals surface area contributed by atoms with Crippen molar-refractivity contribution in [3.05, 3.63) is 30.1 Å². The molecule has 13 heavy (non-hydrogen) atoms. The zero-order chi connectivity index (χ0) is 9.10. The molecule has 2 heterocycles. The fourth-order valence-corrected chi connectivity index (χ4v) is 1.11. The maximum atomic E-state index is 4.10. The van der Waals surface area contributed by atoms with Crippen LogP contribution < -0.4 is 5.32 Å². The Balaban J connectivity index is 1.93. The Morgan fingerprint density at radius 1 is 1.46 bits per heavy atom. The molecular formula is C8H11N5. The summed E-state index contributed by atoms with van der Waals surface area (Å²) in [4.78, 5) is 7.23. The smallest absolute Gasteiger partial charge is 0.103 e. The van der Waals surface area contributed by atoms with Gasteiger partial charge in [0.05, 0.1) is 30.3 Å². The summed E-state index contributed by atoms with van der Waals surface area (Å²) in [6.07, 6.45) is 5.37. The van der Waals surface area contributed by atoms with Gasteiger partial charge >= 0.3 is 0 Å². The highest BCUT2D eigenvalue weighted by molar-refractivity contribution is 5.37. The molecule has 3 N–H and O–H groups in total. The number of aromatic amines is 2. The van der Waals surface area contributed by atoms with Gasteiger partial charge in [-0.2, -0.15) is 5.10 Å². The van der Waals surface area contributed by atoms with Crippen molar-refractivity contribution in [1.29, 1.82) is 0 Å². The Bertz CT molecular complexity index is 362. The van der Waals surface area contributed by atoms with Gasteiger partial charge in [-0.1, -0.05) is 0 Å². The van der Waals surface area contributed by atoms with E-state index < -0.39 is 0 Å². The Morgan fingerprint density at radius 3 is 3.00 bits per heavy atom. The second-order valence-electron chi connectivity index (χ2n) is 2.83. The maximum absolute atomic E-state index is 4.10. The molecule has 5 nitrogen and oxygen atoms in total. The molecule has 0 aliphatic carbocycles. The molecule has 0 aliphatic heterocycles. The summed E-state index contributed by atoms with van der Waals surface area (Å²) < 4.78 is 0. The van der Waals surface area contributed by atoms with Crippen molar-refractivity contribution >= 4 is 5.69 Å². The Morgan fingerprint density at radius 2 is 2.38 bits per heavy atom. The van der Waals surface area contributed by atoms with Crippen LogP contribution in [0.2, 0.25) is 0 Å². The number of aryl methyl sites for hydroxylation is 1. The predicted molar refractivity (Wildman–Crippen MR) is 49.2 cm³/mol. The van der Waals surface area contributed by atoms with Crippen LogP contribution in [-0.4, -0.2) is 20.2 Å². The maximum Gasteiger partial charge on any atom is 0.103 e. The first-order chi connectivity index (χ1) is 6.34. The third kappa shape index (κ3) is 1.87. The molecule has 68 valence electrons. The first-order valence-electron chi connectivity index (χ1n) is 4.08. The number of hydrogen-bond donors (Lipinski definition) is 3. The average molecular weight is 177 g/mol. The van der Waals surface area contributed by atoms with Crippen molar-refractivity contribution in [1.82, 2.24) is 20.2 Å². The lowest BCUT2D eigenvalue weighted by molar-refractivity contribution is 1.05. The SMILES string of the molecule is Cc1ncc(CNc2cn[nH]c2)[nH]1. The van der Waals surface area contributed by atoms with Gasteiger partial charge in [-0.25, -0.2) is 4.98 Å². The molecule has 2 aromatic rings. The van der Waals surface area contributed by atoms with Crippen molar-refractivity contribution < 1.29 is 0 Å². The fourth-order valence-electron chi connectivity index (χ4n) is 1.11. The summed E-state index contributed by atoms with van der Waals surface area (Å²) in [5, 5.41) is 9.75. The van der Waals surface area contributed by atoms with E-state index in [4.69, 9.17) is 0 Å². The molecule has 0 radical (unpaired) electrons. The van der Waals surface area contributed by atoms with Crippen LogP contribution in [0.3, 0.4) is 0 Å². The van der Waals surface area contributed by atoms with E-state index in [-0.39, 0.29) is 0 Å². The van der Waals surface area contributed by atoms with Crippen LogP contribution in [0.1, 0.15) is 11.5 Å². The molecule has 0 fully saturated rings. The molecule has 0 spiro atoms. The van der Waals surface area contributed by atoms with E-state index in [0.29, 0.717) is 0 Å². The van der Waals surface area contributed by atoms with Gasteiger partial charge in [-0.3, -0.25) is 5.10 Å². The quantitative estimate of drug-likeness (QED) is 0.656. The highest BCUT2D eigenvalue weighted by atomic mass is 15.1. The lowest BCUT2D eigenvalue weighted by Crippen LogP contribution is -1.98. The monoisotopic (exact) mass is 177 g/mol. The highest BCUT2D eigenvalue weighted by Gasteiger charge is 1.96. The van der Waals surface area contributed by atoms with Gasteiger partial charge in [0.2, 0.25) is 0 Å². The van der Waals surface area contributed by atoms with Gasteiger partial charge < -0.3 is 10.3 Å². The number of hydrogen-bond acceptors (Lipinski definition) is 3. The van der Waals surface area contributed by atoms with E-state index in [1.54, 1.807) is 6.20 Å². The molecule has 5 heteroatoms. The summed E-state index contributed by atoms with van der Waals surface area (Å²) >= 11 is 0. The van der Waals surface area contributed by atoms with Crippen LogP contribution in [0.4, 0.5) is 5.69 Å². The van der Waals surface area contributed by atoms with Crippen LogP contribution in [0.5, 0.6) is 0 Å². The molecule has 2 aromatic heterocycles. The number of anilines is 1. The van der Waals surface area contributed by atoms with Crippen LogP contribution in [0.25, 0.3) is 0 Å². The molecule has 0 saturated heterocycles. The number of H-pyrrole nitrogens is 2. The van der Waals surface area contributed by atoms with Crippen molar-refractivity contribution in [2.75, 3.05) is 5.32 Å². The van der Waals surface area contributed by atoms with Crippen LogP contribution in [0, 0.1) is 6.92 Å². The van der Waals surface area contributed by atoms with Gasteiger partial charge in [0, 0.05) is 6.20 Å². The minimum atomic E-state index is 0.736. The first kappa shape index (κ1) is 7.85. The number of rotatable bonds is 3. The van der Waals surface area contributed by atoms with Crippen molar-refractivity contribution in [2.24, 2.45) is 0 Å². The zero-order valence-corrected chi connectivity index (χ0v) is 7.33. The summed E-state index contributed by atoms with van der Waals surface area (Å²) in [5.41, 5.74) is 2.05. The van der Waals surface area contributed by atoms with Crippen molar-refractivity contribution in [3.63, 3.8) is 0 Å². The lowest BCUT2D eigenvalue weighted by atomic mass is 10.4. The number of imidazole rings is 1. The van der Waals surface area contributed by atoms with E-state index in [1.807, 2.05) is 19.3 Å². The van der Waals surface area contributed by atoms with Gasteiger partial charge in [-0.15, -0.1) is 0 Å². The van der Waals surface area contributed by atoms with E-state index in [2.05, 4.69) is 25.5 Å². The third-order valence-electron chi connectivity index (χ3n) is 1.74. The minimum Gasteiger partial charge on any atom is -0.377 e. The van der Waals surface area contributed by atoms with Crippen LogP contribution in [-0.2, 0) is 6.54 Å². The predicted octanol–water partition coefficient (Wildman–Crippen LogP) is 1.05. The molecule has 0 unspecified atom stereocenters. The molecular weight excluding hydrogens is 166 g/mol. The first-order valence-corrected chi connectivity index (χ1v) is 4.08. The van der Waals surface area contributed by atoms with E-state index >= 15 is 0 Å². The normalized spacial score (nSPS) is 10.2. The highest BCUT2D eigenvalue weighted by Crippen LogP contribution is 2.04. The second-order valence-corrected chi connectivity index (χ2v) is 2.83. The van der Waals surface area contributed by atoms with E-state index in [0.717, 1.165) is 23.8 Å². The molecule has 0 atom stereocenters. The molecule has 0 saturated carbocycles. The molecule has 0 bridgehead atoms. The summed E-state index contributed by atoms with van der Waals surface area (Å²) in [6, 6.07) is 0. The third-order valence-corrected chi connectivity index (χ3v) is 1.74. The average Bonchev–Trinajstić information content (AvgIpc) is 2.71. The Hall–Kier alpha value is -1.78. The van der Waals surface area contributed by atoms with Gasteiger partial charge in [-0.05, 0) is 6.92 Å². The molecule has 0 amide bonds. The topological polar surface area (TPSA) is 69.4 Å². The standard InChI is InChI=1S/C8H11N5/c1-6-9-2-8(13-6)3-10-7-4-11-12-5-7/h2,4-5,10H,3H2,1H3,(H,9,13)(H,11,12).